The number of Topliss-reactive ketones (excluding diaryl/α,β-unsaturated/α-hetero) is 1. The van der Waals surface area contributed by atoms with Crippen LogP contribution in [0.2, 0.25) is 0 Å². The Morgan fingerprint density at radius 2 is 1.62 bits per heavy atom. The number of carbonyl (C=O) groups is 2. The minimum Gasteiger partial charge on any atom is -0.493 e. The fourth-order valence-corrected chi connectivity index (χ4v) is 4.91. The molecule has 0 N–H and O–H groups in total. The van der Waals surface area contributed by atoms with Gasteiger partial charge in [0.2, 0.25) is 5.91 Å². The number of nitrogens with zero attached hydrogens (tertiary/aromatic N) is 1. The highest BCUT2D eigenvalue weighted by molar-refractivity contribution is 6.07. The summed E-state index contributed by atoms with van der Waals surface area (Å²) < 4.78 is 11.6. The number of para-hydroxylation sites is 1. The van der Waals surface area contributed by atoms with Crippen molar-refractivity contribution in [3.05, 3.63) is 101 Å². The van der Waals surface area contributed by atoms with Crippen LogP contribution in [-0.2, 0) is 16.2 Å². The first-order valence-electron chi connectivity index (χ1n) is 11.6. The van der Waals surface area contributed by atoms with Crippen molar-refractivity contribution in [2.75, 3.05) is 12.0 Å². The van der Waals surface area contributed by atoms with E-state index in [-0.39, 0.29) is 24.0 Å². The van der Waals surface area contributed by atoms with E-state index in [9.17, 15) is 9.59 Å². The van der Waals surface area contributed by atoms with Crippen molar-refractivity contribution in [1.29, 1.82) is 0 Å². The molecule has 0 aromatic heterocycles. The minimum absolute atomic E-state index is 0.00743. The van der Waals surface area contributed by atoms with Gasteiger partial charge in [0.25, 0.3) is 0 Å². The SMILES string of the molecule is COc1cc(C2CC(=O)N(c3ccccc3)C3=C2C(=O)CCC3)ccc1OCc1ccccc1. The average Bonchev–Trinajstić information content (AvgIpc) is 2.88. The largest absolute Gasteiger partial charge is 0.493 e. The molecule has 1 aliphatic carbocycles. The third kappa shape index (κ3) is 4.21. The molecule has 1 atom stereocenters. The summed E-state index contributed by atoms with van der Waals surface area (Å²) >= 11 is 0. The van der Waals surface area contributed by atoms with E-state index in [1.54, 1.807) is 12.0 Å². The van der Waals surface area contributed by atoms with Gasteiger partial charge in [0.15, 0.2) is 17.3 Å². The minimum atomic E-state index is -0.285. The van der Waals surface area contributed by atoms with Gasteiger partial charge in [-0.1, -0.05) is 54.6 Å². The first-order valence-corrected chi connectivity index (χ1v) is 11.6. The van der Waals surface area contributed by atoms with Crippen LogP contribution in [0.5, 0.6) is 11.5 Å². The molecule has 172 valence electrons. The van der Waals surface area contributed by atoms with Crippen LogP contribution in [0.3, 0.4) is 0 Å². The summed E-state index contributed by atoms with van der Waals surface area (Å²) in [6.07, 6.45) is 2.23. The predicted octanol–water partition coefficient (Wildman–Crippen LogP) is 5.80. The molecular formula is C29H27NO4. The summed E-state index contributed by atoms with van der Waals surface area (Å²) in [5.41, 5.74) is 4.38. The van der Waals surface area contributed by atoms with Crippen molar-refractivity contribution in [2.45, 2.75) is 38.2 Å². The Morgan fingerprint density at radius 1 is 0.882 bits per heavy atom. The summed E-state index contributed by atoms with van der Waals surface area (Å²) in [5.74, 6) is 1.08. The molecule has 0 fully saturated rings. The summed E-state index contributed by atoms with van der Waals surface area (Å²) in [7, 11) is 1.61. The lowest BCUT2D eigenvalue weighted by atomic mass is 9.77. The van der Waals surface area contributed by atoms with Crippen molar-refractivity contribution in [2.24, 2.45) is 0 Å². The lowest BCUT2D eigenvalue weighted by molar-refractivity contribution is -0.119. The number of carbonyl (C=O) groups excluding carboxylic acids is 2. The molecule has 5 heteroatoms. The normalized spacial score (nSPS) is 18.0. The second-order valence-electron chi connectivity index (χ2n) is 8.64. The smallest absolute Gasteiger partial charge is 0.232 e. The van der Waals surface area contributed by atoms with E-state index in [1.807, 2.05) is 78.9 Å². The van der Waals surface area contributed by atoms with E-state index in [1.165, 1.54) is 0 Å². The molecule has 5 rings (SSSR count). The fourth-order valence-electron chi connectivity index (χ4n) is 4.91. The Kier molecular flexibility index (Phi) is 6.17. The second-order valence-corrected chi connectivity index (χ2v) is 8.64. The van der Waals surface area contributed by atoms with E-state index in [2.05, 4.69) is 0 Å². The van der Waals surface area contributed by atoms with Crippen LogP contribution in [0.15, 0.2) is 90.1 Å². The number of ketones is 1. The van der Waals surface area contributed by atoms with Gasteiger partial charge in [0, 0.05) is 35.7 Å². The Labute approximate surface area is 199 Å². The molecule has 3 aromatic rings. The van der Waals surface area contributed by atoms with Gasteiger partial charge >= 0.3 is 0 Å². The molecule has 0 saturated heterocycles. The summed E-state index contributed by atoms with van der Waals surface area (Å²) in [6.45, 7) is 0.429. The number of hydrogen-bond donors (Lipinski definition) is 0. The number of benzene rings is 3. The molecule has 1 aliphatic heterocycles. The lowest BCUT2D eigenvalue weighted by Gasteiger charge is -2.38. The third-order valence-electron chi connectivity index (χ3n) is 6.52. The Hall–Kier alpha value is -3.86. The molecule has 1 amide bonds. The van der Waals surface area contributed by atoms with Gasteiger partial charge in [-0.15, -0.1) is 0 Å². The van der Waals surface area contributed by atoms with E-state index >= 15 is 0 Å². The molecule has 5 nitrogen and oxygen atoms in total. The molecule has 0 spiro atoms. The first kappa shape index (κ1) is 22.0. The van der Waals surface area contributed by atoms with Crippen molar-refractivity contribution in [1.82, 2.24) is 0 Å². The highest BCUT2D eigenvalue weighted by Gasteiger charge is 2.39. The van der Waals surface area contributed by atoms with Gasteiger partial charge in [-0.2, -0.15) is 0 Å². The summed E-state index contributed by atoms with van der Waals surface area (Å²) in [5, 5.41) is 0. The molecule has 0 saturated carbocycles. The fraction of sp³-hybridized carbons (Fsp3) is 0.241. The molecule has 0 bridgehead atoms. The van der Waals surface area contributed by atoms with Crippen LogP contribution in [-0.4, -0.2) is 18.8 Å². The maximum atomic E-state index is 13.3. The third-order valence-corrected chi connectivity index (χ3v) is 6.52. The molecular weight excluding hydrogens is 426 g/mol. The van der Waals surface area contributed by atoms with Gasteiger partial charge in [-0.05, 0) is 48.2 Å². The summed E-state index contributed by atoms with van der Waals surface area (Å²) in [6, 6.07) is 25.3. The van der Waals surface area contributed by atoms with Gasteiger partial charge in [-0.25, -0.2) is 0 Å². The van der Waals surface area contributed by atoms with Crippen LogP contribution in [0.25, 0.3) is 0 Å². The zero-order valence-corrected chi connectivity index (χ0v) is 19.2. The highest BCUT2D eigenvalue weighted by Crippen LogP contribution is 2.44. The molecule has 2 aliphatic rings. The Morgan fingerprint density at radius 3 is 2.35 bits per heavy atom. The number of amides is 1. The number of ether oxygens (including phenoxy) is 2. The van der Waals surface area contributed by atoms with Gasteiger partial charge in [-0.3, -0.25) is 14.5 Å². The Bertz CT molecular complexity index is 1230. The number of anilines is 1. The van der Waals surface area contributed by atoms with Gasteiger partial charge in [0.05, 0.1) is 7.11 Å². The number of rotatable bonds is 6. The van der Waals surface area contributed by atoms with Crippen LogP contribution in [0.4, 0.5) is 5.69 Å². The number of methoxy groups -OCH3 is 1. The zero-order valence-electron chi connectivity index (χ0n) is 19.2. The van der Waals surface area contributed by atoms with Crippen molar-refractivity contribution in [3.63, 3.8) is 0 Å². The van der Waals surface area contributed by atoms with Crippen molar-refractivity contribution < 1.29 is 19.1 Å². The van der Waals surface area contributed by atoms with E-state index in [0.717, 1.165) is 34.5 Å². The zero-order chi connectivity index (χ0) is 23.5. The predicted molar refractivity (Wildman–Crippen MR) is 131 cm³/mol. The maximum Gasteiger partial charge on any atom is 0.232 e. The first-order chi connectivity index (χ1) is 16.7. The van der Waals surface area contributed by atoms with Gasteiger partial charge in [0.1, 0.15) is 6.61 Å². The molecule has 0 radical (unpaired) electrons. The van der Waals surface area contributed by atoms with E-state index in [4.69, 9.17) is 9.47 Å². The number of allylic oxidation sites excluding steroid dienone is 2. The summed E-state index contributed by atoms with van der Waals surface area (Å²) in [4.78, 5) is 28.2. The topological polar surface area (TPSA) is 55.8 Å². The van der Waals surface area contributed by atoms with E-state index in [0.29, 0.717) is 30.9 Å². The van der Waals surface area contributed by atoms with E-state index < -0.39 is 0 Å². The van der Waals surface area contributed by atoms with Crippen molar-refractivity contribution >= 4 is 17.4 Å². The molecule has 3 aromatic carbocycles. The standard InChI is InChI=1S/C29H27NO4/c1-33-27-17-21(15-16-26(27)34-19-20-9-4-2-5-10-20)23-18-28(32)30(22-11-6-3-7-12-22)24-13-8-14-25(31)29(23)24/h2-7,9-12,15-17,23H,8,13-14,18-19H2,1H3. The lowest BCUT2D eigenvalue weighted by Crippen LogP contribution is -2.40. The highest BCUT2D eigenvalue weighted by atomic mass is 16.5. The molecule has 34 heavy (non-hydrogen) atoms. The quantitative estimate of drug-likeness (QED) is 0.473. The monoisotopic (exact) mass is 453 g/mol. The Balaban J connectivity index is 1.49. The number of hydrogen-bond acceptors (Lipinski definition) is 4. The maximum absolute atomic E-state index is 13.3. The average molecular weight is 454 g/mol. The molecule has 1 heterocycles. The van der Waals surface area contributed by atoms with Crippen molar-refractivity contribution in [3.8, 4) is 11.5 Å². The van der Waals surface area contributed by atoms with Gasteiger partial charge < -0.3 is 9.47 Å². The molecule has 1 unspecified atom stereocenters. The second kappa shape index (κ2) is 9.56. The van der Waals surface area contributed by atoms with Crippen LogP contribution in [0.1, 0.15) is 42.7 Å². The van der Waals surface area contributed by atoms with Crippen LogP contribution < -0.4 is 14.4 Å². The van der Waals surface area contributed by atoms with Crippen LogP contribution >= 0.6 is 0 Å². The van der Waals surface area contributed by atoms with Crippen LogP contribution in [0, 0.1) is 0 Å².